The number of hydrogen-bond donors (Lipinski definition) is 1. The molecule has 56 valence electrons. The van der Waals surface area contributed by atoms with Gasteiger partial charge in [-0.1, -0.05) is 29.8 Å². The van der Waals surface area contributed by atoms with Gasteiger partial charge in [-0.05, 0) is 18.6 Å². The first-order valence-corrected chi connectivity index (χ1v) is 3.89. The summed E-state index contributed by atoms with van der Waals surface area (Å²) in [5.41, 5.74) is 2.23. The molecule has 0 unspecified atom stereocenters. The van der Waals surface area contributed by atoms with E-state index in [0.717, 1.165) is 16.2 Å². The normalized spacial score (nSPS) is 10.7. The molecule has 1 aromatic carbocycles. The average Bonchev–Trinajstić information content (AvgIpc) is 2.30. The lowest BCUT2D eigenvalue weighted by Crippen LogP contribution is -1.65. The Balaban J connectivity index is 2.92. The van der Waals surface area contributed by atoms with Gasteiger partial charge in [0.15, 0.2) is 0 Å². The van der Waals surface area contributed by atoms with Gasteiger partial charge in [-0.15, -0.1) is 0 Å². The predicted molar refractivity (Wildman–Crippen MR) is 48.0 cm³/mol. The monoisotopic (exact) mass is 165 g/mol. The predicted octanol–water partition coefficient (Wildman–Crippen LogP) is 3.13. The van der Waals surface area contributed by atoms with E-state index in [4.69, 9.17) is 11.6 Å². The fraction of sp³-hybridized carbons (Fsp3) is 0.111. The van der Waals surface area contributed by atoms with Crippen molar-refractivity contribution in [3.63, 3.8) is 0 Å². The van der Waals surface area contributed by atoms with Crippen molar-refractivity contribution >= 4 is 22.5 Å². The van der Waals surface area contributed by atoms with E-state index in [0.29, 0.717) is 0 Å². The van der Waals surface area contributed by atoms with Crippen molar-refractivity contribution in [2.75, 3.05) is 0 Å². The van der Waals surface area contributed by atoms with E-state index in [1.807, 2.05) is 25.1 Å². The maximum absolute atomic E-state index is 5.90. The minimum Gasteiger partial charge on any atom is -0.345 e. The van der Waals surface area contributed by atoms with E-state index >= 15 is 0 Å². The summed E-state index contributed by atoms with van der Waals surface area (Å²) in [7, 11) is 0. The Kier molecular flexibility index (Phi) is 1.40. The van der Waals surface area contributed by atoms with Crippen molar-refractivity contribution in [2.45, 2.75) is 6.92 Å². The molecule has 0 spiro atoms. The average molecular weight is 166 g/mol. The van der Waals surface area contributed by atoms with Crippen LogP contribution in [0.2, 0.25) is 5.15 Å². The second-order valence-electron chi connectivity index (χ2n) is 2.61. The molecule has 1 nitrogen and oxygen atoms in total. The number of aryl methyl sites for hydroxylation is 1. The van der Waals surface area contributed by atoms with Crippen LogP contribution in [0.1, 0.15) is 5.56 Å². The minimum absolute atomic E-state index is 0.742. The van der Waals surface area contributed by atoms with Crippen LogP contribution in [0.15, 0.2) is 24.3 Å². The number of rotatable bonds is 0. The van der Waals surface area contributed by atoms with E-state index in [-0.39, 0.29) is 0 Å². The molecule has 0 aliphatic rings. The summed E-state index contributed by atoms with van der Waals surface area (Å²) in [4.78, 5) is 3.09. The number of H-pyrrole nitrogens is 1. The van der Waals surface area contributed by atoms with Crippen LogP contribution in [0.3, 0.4) is 0 Å². The largest absolute Gasteiger partial charge is 0.345 e. The molecule has 0 saturated carbocycles. The lowest BCUT2D eigenvalue weighted by atomic mass is 10.2. The summed E-state index contributed by atoms with van der Waals surface area (Å²) < 4.78 is 0. The maximum Gasteiger partial charge on any atom is 0.110 e. The lowest BCUT2D eigenvalue weighted by molar-refractivity contribution is 1.42. The van der Waals surface area contributed by atoms with Crippen molar-refractivity contribution < 1.29 is 0 Å². The Morgan fingerprint density at radius 3 is 2.73 bits per heavy atom. The minimum atomic E-state index is 0.742. The second-order valence-corrected chi connectivity index (χ2v) is 2.99. The lowest BCUT2D eigenvalue weighted by Gasteiger charge is -1.87. The van der Waals surface area contributed by atoms with Crippen LogP contribution < -0.4 is 0 Å². The molecule has 0 bridgehead atoms. The van der Waals surface area contributed by atoms with Gasteiger partial charge in [-0.2, -0.15) is 0 Å². The van der Waals surface area contributed by atoms with Crippen molar-refractivity contribution in [2.24, 2.45) is 0 Å². The molecule has 0 saturated heterocycles. The molecule has 0 radical (unpaired) electrons. The first-order valence-electron chi connectivity index (χ1n) is 3.52. The molecule has 0 fully saturated rings. The van der Waals surface area contributed by atoms with Gasteiger partial charge in [-0.25, -0.2) is 0 Å². The zero-order chi connectivity index (χ0) is 7.84. The molecule has 11 heavy (non-hydrogen) atoms. The molecule has 1 heterocycles. The van der Waals surface area contributed by atoms with Gasteiger partial charge in [0.05, 0.1) is 0 Å². The van der Waals surface area contributed by atoms with Gasteiger partial charge < -0.3 is 4.98 Å². The number of benzene rings is 1. The number of para-hydroxylation sites is 1. The number of nitrogens with one attached hydrogen (secondary N) is 1. The summed E-state index contributed by atoms with van der Waals surface area (Å²) in [6, 6.07) is 8.09. The molecule has 0 aliphatic carbocycles. The highest BCUT2D eigenvalue weighted by molar-refractivity contribution is 6.31. The summed E-state index contributed by atoms with van der Waals surface area (Å²) in [5, 5.41) is 1.95. The van der Waals surface area contributed by atoms with Crippen LogP contribution in [0, 0.1) is 6.92 Å². The van der Waals surface area contributed by atoms with Gasteiger partial charge >= 0.3 is 0 Å². The van der Waals surface area contributed by atoms with Crippen LogP contribution in [0.25, 0.3) is 10.9 Å². The number of aromatic nitrogens is 1. The third kappa shape index (κ3) is 0.925. The molecule has 2 heteroatoms. The van der Waals surface area contributed by atoms with Crippen LogP contribution in [-0.4, -0.2) is 4.98 Å². The molecular weight excluding hydrogens is 158 g/mol. The summed E-state index contributed by atoms with van der Waals surface area (Å²) >= 11 is 5.90. The number of halogens is 1. The second kappa shape index (κ2) is 2.28. The molecule has 0 aliphatic heterocycles. The molecular formula is C9H8ClN. The molecule has 0 atom stereocenters. The van der Waals surface area contributed by atoms with Crippen molar-refractivity contribution in [1.29, 1.82) is 0 Å². The quantitative estimate of drug-likeness (QED) is 0.618. The van der Waals surface area contributed by atoms with Crippen LogP contribution in [0.5, 0.6) is 0 Å². The van der Waals surface area contributed by atoms with Crippen molar-refractivity contribution in [3.8, 4) is 0 Å². The molecule has 0 amide bonds. The Morgan fingerprint density at radius 1 is 1.27 bits per heavy atom. The highest BCUT2D eigenvalue weighted by Crippen LogP contribution is 2.24. The van der Waals surface area contributed by atoms with Gasteiger partial charge in [0.2, 0.25) is 0 Å². The summed E-state index contributed by atoms with van der Waals surface area (Å²) in [6.45, 7) is 2.02. The van der Waals surface area contributed by atoms with E-state index in [1.54, 1.807) is 0 Å². The van der Waals surface area contributed by atoms with Crippen molar-refractivity contribution in [1.82, 2.24) is 4.98 Å². The Labute approximate surface area is 70.0 Å². The third-order valence-electron chi connectivity index (χ3n) is 1.90. The topological polar surface area (TPSA) is 15.8 Å². The summed E-state index contributed by atoms with van der Waals surface area (Å²) in [6.07, 6.45) is 0. The Morgan fingerprint density at radius 2 is 2.00 bits per heavy atom. The highest BCUT2D eigenvalue weighted by Gasteiger charge is 2.02. The number of fused-ring (bicyclic) bond motifs is 1. The third-order valence-corrected chi connectivity index (χ3v) is 2.28. The maximum atomic E-state index is 5.90. The van der Waals surface area contributed by atoms with E-state index in [1.165, 1.54) is 5.39 Å². The molecule has 2 aromatic rings. The molecule has 2 rings (SSSR count). The zero-order valence-electron chi connectivity index (χ0n) is 6.19. The first kappa shape index (κ1) is 6.74. The Bertz CT molecular complexity index is 389. The van der Waals surface area contributed by atoms with Gasteiger partial charge in [0.1, 0.15) is 5.15 Å². The van der Waals surface area contributed by atoms with Gasteiger partial charge in [0.25, 0.3) is 0 Å². The van der Waals surface area contributed by atoms with E-state index < -0.39 is 0 Å². The fourth-order valence-corrected chi connectivity index (χ4v) is 1.45. The highest BCUT2D eigenvalue weighted by atomic mass is 35.5. The fourth-order valence-electron chi connectivity index (χ4n) is 1.25. The van der Waals surface area contributed by atoms with Gasteiger partial charge in [0, 0.05) is 10.9 Å². The van der Waals surface area contributed by atoms with Crippen molar-refractivity contribution in [3.05, 3.63) is 35.0 Å². The van der Waals surface area contributed by atoms with E-state index in [9.17, 15) is 0 Å². The van der Waals surface area contributed by atoms with Gasteiger partial charge in [-0.3, -0.25) is 0 Å². The molecule has 1 aromatic heterocycles. The molecule has 1 N–H and O–H groups in total. The number of aromatic amines is 1. The summed E-state index contributed by atoms with van der Waals surface area (Å²) in [5.74, 6) is 0. The number of hydrogen-bond acceptors (Lipinski definition) is 0. The van der Waals surface area contributed by atoms with Crippen LogP contribution in [0.4, 0.5) is 0 Å². The van der Waals surface area contributed by atoms with E-state index in [2.05, 4.69) is 11.1 Å². The standard InChI is InChI=1S/C9H8ClN/c1-6-7-4-2-3-5-8(7)11-9(6)10/h2-5,11H,1H3. The zero-order valence-corrected chi connectivity index (χ0v) is 6.94. The SMILES string of the molecule is Cc1c(Cl)[nH]c2ccccc12. The smallest absolute Gasteiger partial charge is 0.110 e. The van der Waals surface area contributed by atoms with Crippen LogP contribution in [-0.2, 0) is 0 Å². The Hall–Kier alpha value is -0.950. The first-order chi connectivity index (χ1) is 5.29. The van der Waals surface area contributed by atoms with Crippen LogP contribution >= 0.6 is 11.6 Å².